The van der Waals surface area contributed by atoms with Crippen LogP contribution in [0.15, 0.2) is 0 Å². The Hall–Kier alpha value is -1.71. The molecule has 3 heterocycles. The highest BCUT2D eigenvalue weighted by atomic mass is 16.8. The number of amides is 3. The summed E-state index contributed by atoms with van der Waals surface area (Å²) in [5.41, 5.74) is 0. The number of hydrogen-bond acceptors (Lipinski definition) is 7. The molecule has 3 aliphatic heterocycles. The largest absolute Gasteiger partial charge is 0.463 e. The van der Waals surface area contributed by atoms with Crippen molar-refractivity contribution in [3.05, 3.63) is 0 Å². The molecule has 3 fully saturated rings. The Bertz CT molecular complexity index is 577. The van der Waals surface area contributed by atoms with Gasteiger partial charge in [0.05, 0.1) is 5.92 Å². The lowest BCUT2D eigenvalue weighted by molar-refractivity contribution is -0.207. The Kier molecular flexibility index (Phi) is 4.74. The van der Waals surface area contributed by atoms with Crippen molar-refractivity contribution in [1.29, 1.82) is 0 Å². The summed E-state index contributed by atoms with van der Waals surface area (Å²) in [6, 6.07) is -0.520. The van der Waals surface area contributed by atoms with Gasteiger partial charge in [0.25, 0.3) is 0 Å². The fourth-order valence-corrected chi connectivity index (χ4v) is 3.20. The van der Waals surface area contributed by atoms with Gasteiger partial charge in [0.2, 0.25) is 5.91 Å². The molecule has 3 saturated heterocycles. The van der Waals surface area contributed by atoms with Crippen LogP contribution in [0.5, 0.6) is 0 Å². The van der Waals surface area contributed by atoms with Crippen molar-refractivity contribution in [2.45, 2.75) is 64.4 Å². The van der Waals surface area contributed by atoms with Crippen LogP contribution in [0.2, 0.25) is 0 Å². The van der Waals surface area contributed by atoms with Gasteiger partial charge in [-0.3, -0.25) is 19.8 Å². The van der Waals surface area contributed by atoms with E-state index < -0.39 is 36.4 Å². The SMILES string of the molecule is CC(C)C(=O)OC[C@H]1O[C@@H](N2CCC(=O)NC2=O)[C@@H]2OC(C)(C)O[C@@H]21. The van der Waals surface area contributed by atoms with E-state index in [-0.39, 0.29) is 37.4 Å². The summed E-state index contributed by atoms with van der Waals surface area (Å²) in [4.78, 5) is 36.6. The molecule has 0 aliphatic carbocycles. The number of rotatable bonds is 4. The number of carbonyl (C=O) groups excluding carboxylic acids is 3. The maximum absolute atomic E-state index is 12.1. The Morgan fingerprint density at radius 1 is 1.32 bits per heavy atom. The number of urea groups is 1. The topological polar surface area (TPSA) is 103 Å². The van der Waals surface area contributed by atoms with Crippen molar-refractivity contribution in [2.24, 2.45) is 5.92 Å². The third-order valence-corrected chi connectivity index (χ3v) is 4.38. The molecule has 3 aliphatic rings. The molecule has 9 heteroatoms. The number of nitrogens with zero attached hydrogens (tertiary/aromatic N) is 1. The molecule has 0 aromatic heterocycles. The van der Waals surface area contributed by atoms with Gasteiger partial charge in [-0.05, 0) is 13.8 Å². The molecule has 4 atom stereocenters. The van der Waals surface area contributed by atoms with Crippen LogP contribution >= 0.6 is 0 Å². The molecule has 0 aromatic rings. The van der Waals surface area contributed by atoms with Crippen LogP contribution in [-0.2, 0) is 28.5 Å². The van der Waals surface area contributed by atoms with E-state index in [1.165, 1.54) is 4.90 Å². The number of nitrogens with one attached hydrogen (secondary N) is 1. The fourth-order valence-electron chi connectivity index (χ4n) is 3.20. The second-order valence-corrected chi connectivity index (χ2v) is 7.21. The molecule has 0 saturated carbocycles. The highest BCUT2D eigenvalue weighted by molar-refractivity contribution is 5.96. The highest BCUT2D eigenvalue weighted by Crippen LogP contribution is 2.40. The molecular weight excluding hydrogens is 332 g/mol. The minimum absolute atomic E-state index is 0.0164. The van der Waals surface area contributed by atoms with E-state index in [4.69, 9.17) is 18.9 Å². The number of hydrogen-bond donors (Lipinski definition) is 1. The fraction of sp³-hybridized carbons (Fsp3) is 0.812. The summed E-state index contributed by atoms with van der Waals surface area (Å²) in [6.45, 7) is 7.30. The van der Waals surface area contributed by atoms with E-state index >= 15 is 0 Å². The van der Waals surface area contributed by atoms with Gasteiger partial charge >= 0.3 is 12.0 Å². The Balaban J connectivity index is 1.73. The van der Waals surface area contributed by atoms with Gasteiger partial charge in [-0.2, -0.15) is 0 Å². The zero-order valence-electron chi connectivity index (χ0n) is 14.8. The zero-order chi connectivity index (χ0) is 18.4. The molecule has 0 spiro atoms. The maximum Gasteiger partial charge on any atom is 0.326 e. The first-order valence-corrected chi connectivity index (χ1v) is 8.46. The average molecular weight is 356 g/mol. The maximum atomic E-state index is 12.1. The number of carbonyl (C=O) groups is 3. The first-order chi connectivity index (χ1) is 11.7. The quantitative estimate of drug-likeness (QED) is 0.726. The van der Waals surface area contributed by atoms with Gasteiger partial charge in [-0.25, -0.2) is 4.79 Å². The van der Waals surface area contributed by atoms with Gasteiger partial charge in [0.15, 0.2) is 12.0 Å². The summed E-state index contributed by atoms with van der Waals surface area (Å²) in [5, 5.41) is 2.27. The normalized spacial score (nSPS) is 34.2. The monoisotopic (exact) mass is 356 g/mol. The summed E-state index contributed by atoms with van der Waals surface area (Å²) >= 11 is 0. The molecule has 3 rings (SSSR count). The molecule has 0 bridgehead atoms. The Labute approximate surface area is 145 Å². The second-order valence-electron chi connectivity index (χ2n) is 7.21. The van der Waals surface area contributed by atoms with Crippen molar-refractivity contribution in [1.82, 2.24) is 10.2 Å². The zero-order valence-corrected chi connectivity index (χ0v) is 14.8. The van der Waals surface area contributed by atoms with Crippen molar-refractivity contribution in [3.63, 3.8) is 0 Å². The van der Waals surface area contributed by atoms with Crippen molar-refractivity contribution < 1.29 is 33.3 Å². The van der Waals surface area contributed by atoms with Gasteiger partial charge in [0, 0.05) is 13.0 Å². The number of fused-ring (bicyclic) bond motifs is 1. The minimum atomic E-state index is -0.834. The summed E-state index contributed by atoms with van der Waals surface area (Å²) in [5.74, 6) is -1.73. The van der Waals surface area contributed by atoms with E-state index in [0.717, 1.165) is 0 Å². The van der Waals surface area contributed by atoms with Crippen LogP contribution in [0, 0.1) is 5.92 Å². The summed E-state index contributed by atoms with van der Waals surface area (Å²) < 4.78 is 23.0. The predicted molar refractivity (Wildman–Crippen MR) is 83.1 cm³/mol. The lowest BCUT2D eigenvalue weighted by atomic mass is 10.1. The molecule has 0 aromatic carbocycles. The van der Waals surface area contributed by atoms with Crippen LogP contribution < -0.4 is 5.32 Å². The Morgan fingerprint density at radius 2 is 2.00 bits per heavy atom. The number of imide groups is 1. The first kappa shape index (κ1) is 18.1. The van der Waals surface area contributed by atoms with Gasteiger partial charge in [0.1, 0.15) is 24.9 Å². The van der Waals surface area contributed by atoms with Crippen molar-refractivity contribution in [2.75, 3.05) is 13.2 Å². The summed E-state index contributed by atoms with van der Waals surface area (Å²) in [7, 11) is 0. The lowest BCUT2D eigenvalue weighted by Gasteiger charge is -2.34. The van der Waals surface area contributed by atoms with Crippen LogP contribution in [-0.4, -0.2) is 66.3 Å². The smallest absolute Gasteiger partial charge is 0.326 e. The standard InChI is InChI=1S/C16H24N2O7/c1-8(2)14(20)22-7-9-11-12(25-16(3,4)24-11)13(23-9)18-6-5-10(19)17-15(18)21/h8-9,11-13H,5-7H2,1-4H3,(H,17,19,21)/t9-,11-,12-,13-/m1/s1. The third kappa shape index (κ3) is 3.63. The third-order valence-electron chi connectivity index (χ3n) is 4.38. The van der Waals surface area contributed by atoms with E-state index in [2.05, 4.69) is 5.32 Å². The van der Waals surface area contributed by atoms with E-state index in [1.54, 1.807) is 27.7 Å². The Morgan fingerprint density at radius 3 is 2.64 bits per heavy atom. The molecule has 3 amide bonds. The van der Waals surface area contributed by atoms with E-state index in [9.17, 15) is 14.4 Å². The molecule has 25 heavy (non-hydrogen) atoms. The molecule has 0 unspecified atom stereocenters. The van der Waals surface area contributed by atoms with Crippen molar-refractivity contribution >= 4 is 17.9 Å². The minimum Gasteiger partial charge on any atom is -0.463 e. The van der Waals surface area contributed by atoms with E-state index in [0.29, 0.717) is 0 Å². The summed E-state index contributed by atoms with van der Waals surface area (Å²) in [6.07, 6.45) is -2.05. The van der Waals surface area contributed by atoms with Crippen molar-refractivity contribution in [3.8, 4) is 0 Å². The van der Waals surface area contributed by atoms with Gasteiger partial charge < -0.3 is 18.9 Å². The van der Waals surface area contributed by atoms with E-state index in [1.807, 2.05) is 0 Å². The highest BCUT2D eigenvalue weighted by Gasteiger charge is 2.58. The number of ether oxygens (including phenoxy) is 4. The van der Waals surface area contributed by atoms with Crippen LogP contribution in [0.3, 0.4) is 0 Å². The molecule has 140 valence electrons. The average Bonchev–Trinajstić information content (AvgIpc) is 2.98. The first-order valence-electron chi connectivity index (χ1n) is 8.46. The van der Waals surface area contributed by atoms with Crippen LogP contribution in [0.1, 0.15) is 34.1 Å². The van der Waals surface area contributed by atoms with Crippen LogP contribution in [0.25, 0.3) is 0 Å². The second kappa shape index (κ2) is 6.54. The van der Waals surface area contributed by atoms with Gasteiger partial charge in [-0.15, -0.1) is 0 Å². The molecule has 0 radical (unpaired) electrons. The van der Waals surface area contributed by atoms with Crippen LogP contribution in [0.4, 0.5) is 4.79 Å². The lowest BCUT2D eigenvalue weighted by Crippen LogP contribution is -2.56. The molecular formula is C16H24N2O7. The molecule has 9 nitrogen and oxygen atoms in total. The van der Waals surface area contributed by atoms with Gasteiger partial charge in [-0.1, -0.05) is 13.8 Å². The number of esters is 1. The predicted octanol–water partition coefficient (Wildman–Crippen LogP) is 0.373. The molecule has 1 N–H and O–H groups in total.